The third-order valence-electron chi connectivity index (χ3n) is 2.95. The molecule has 0 amide bonds. The number of nitrogens with zero attached hydrogens (tertiary/aromatic N) is 3. The summed E-state index contributed by atoms with van der Waals surface area (Å²) in [4.78, 5) is 16.5. The second-order valence-electron chi connectivity index (χ2n) is 5.21. The number of carbonyl (C=O) groups excluding carboxylic acids is 1. The van der Waals surface area contributed by atoms with Crippen molar-refractivity contribution in [3.8, 4) is 0 Å². The number of Topliss-reactive ketones (excluding diaryl/α,β-unsaturated/α-hetero) is 1. The van der Waals surface area contributed by atoms with Crippen LogP contribution in [0.4, 0.5) is 5.69 Å². The molecule has 0 aliphatic carbocycles. The number of benzene rings is 1. The van der Waals surface area contributed by atoms with Crippen molar-refractivity contribution in [1.82, 2.24) is 14.8 Å². The number of hydrogen-bond acceptors (Lipinski definition) is 4. The number of rotatable bonds is 5. The summed E-state index contributed by atoms with van der Waals surface area (Å²) in [6.45, 7) is 4.87. The summed E-state index contributed by atoms with van der Waals surface area (Å²) in [5.74, 6) is 0.913. The quantitative estimate of drug-likeness (QED) is 0.676. The number of carbonyl (C=O) groups is 1. The van der Waals surface area contributed by atoms with Crippen LogP contribution >= 0.6 is 23.2 Å². The van der Waals surface area contributed by atoms with E-state index in [-0.39, 0.29) is 27.9 Å². The summed E-state index contributed by atoms with van der Waals surface area (Å²) in [5.41, 5.74) is 6.36. The van der Waals surface area contributed by atoms with E-state index >= 15 is 0 Å². The van der Waals surface area contributed by atoms with Gasteiger partial charge in [0.05, 0.1) is 22.2 Å². The molecule has 0 aliphatic rings. The Morgan fingerprint density at radius 2 is 1.95 bits per heavy atom. The molecule has 7 heteroatoms. The molecule has 0 saturated heterocycles. The lowest BCUT2D eigenvalue weighted by molar-refractivity contribution is 0.0989. The minimum absolute atomic E-state index is 0.128. The first-order valence-corrected chi connectivity index (χ1v) is 7.28. The summed E-state index contributed by atoms with van der Waals surface area (Å²) in [6.07, 6.45) is 1.59. The zero-order valence-corrected chi connectivity index (χ0v) is 13.3. The lowest BCUT2D eigenvalue weighted by Gasteiger charge is -2.09. The average molecular weight is 327 g/mol. The van der Waals surface area contributed by atoms with Crippen molar-refractivity contribution in [3.63, 3.8) is 0 Å². The molecular formula is C14H16Cl2N4O. The van der Waals surface area contributed by atoms with Crippen molar-refractivity contribution in [3.05, 3.63) is 39.9 Å². The van der Waals surface area contributed by atoms with Crippen molar-refractivity contribution in [2.75, 3.05) is 5.73 Å². The third kappa shape index (κ3) is 3.74. The van der Waals surface area contributed by atoms with Crippen LogP contribution in [0, 0.1) is 5.92 Å². The first-order chi connectivity index (χ1) is 9.88. The molecule has 2 N–H and O–H groups in total. The maximum absolute atomic E-state index is 12.3. The molecule has 21 heavy (non-hydrogen) atoms. The fourth-order valence-electron chi connectivity index (χ4n) is 1.91. The number of halogens is 2. The van der Waals surface area contributed by atoms with E-state index in [1.807, 2.05) is 0 Å². The van der Waals surface area contributed by atoms with E-state index in [2.05, 4.69) is 23.9 Å². The van der Waals surface area contributed by atoms with Crippen molar-refractivity contribution >= 4 is 34.7 Å². The molecule has 0 saturated carbocycles. The maximum Gasteiger partial charge on any atom is 0.170 e. The van der Waals surface area contributed by atoms with Gasteiger partial charge in [0, 0.05) is 12.1 Å². The minimum Gasteiger partial charge on any atom is -0.396 e. The van der Waals surface area contributed by atoms with Gasteiger partial charge in [-0.25, -0.2) is 9.67 Å². The fraction of sp³-hybridized carbons (Fsp3) is 0.357. The highest BCUT2D eigenvalue weighted by Crippen LogP contribution is 2.29. The predicted octanol–water partition coefficient (Wildman–Crippen LogP) is 3.25. The van der Waals surface area contributed by atoms with Gasteiger partial charge in [-0.15, -0.1) is 0 Å². The zero-order valence-electron chi connectivity index (χ0n) is 11.8. The smallest absolute Gasteiger partial charge is 0.170 e. The van der Waals surface area contributed by atoms with Gasteiger partial charge in [0.15, 0.2) is 5.78 Å². The van der Waals surface area contributed by atoms with Gasteiger partial charge in [0.2, 0.25) is 0 Å². The van der Waals surface area contributed by atoms with E-state index in [4.69, 9.17) is 28.9 Å². The van der Waals surface area contributed by atoms with Crippen LogP contribution in [0.25, 0.3) is 0 Å². The highest BCUT2D eigenvalue weighted by molar-refractivity contribution is 6.39. The Morgan fingerprint density at radius 3 is 2.52 bits per heavy atom. The molecule has 0 bridgehead atoms. The molecule has 0 aliphatic heterocycles. The second-order valence-corrected chi connectivity index (χ2v) is 6.02. The van der Waals surface area contributed by atoms with Crippen molar-refractivity contribution in [1.29, 1.82) is 0 Å². The highest BCUT2D eigenvalue weighted by Gasteiger charge is 2.15. The molecular weight excluding hydrogens is 311 g/mol. The minimum atomic E-state index is -0.128. The first kappa shape index (κ1) is 15.8. The van der Waals surface area contributed by atoms with Crippen molar-refractivity contribution in [2.45, 2.75) is 26.8 Å². The van der Waals surface area contributed by atoms with Gasteiger partial charge in [-0.05, 0) is 18.1 Å². The molecule has 2 rings (SSSR count). The number of hydrogen-bond donors (Lipinski definition) is 1. The summed E-state index contributed by atoms with van der Waals surface area (Å²) in [6, 6.07) is 3.04. The van der Waals surface area contributed by atoms with Crippen molar-refractivity contribution in [2.24, 2.45) is 5.92 Å². The Hall–Kier alpha value is -1.59. The van der Waals surface area contributed by atoms with Crippen LogP contribution in [-0.4, -0.2) is 20.5 Å². The van der Waals surface area contributed by atoms with E-state index in [0.29, 0.717) is 23.9 Å². The van der Waals surface area contributed by atoms with Crippen molar-refractivity contribution < 1.29 is 4.79 Å². The summed E-state index contributed by atoms with van der Waals surface area (Å²) in [5, 5.41) is 4.68. The van der Waals surface area contributed by atoms with E-state index in [1.165, 1.54) is 18.5 Å². The Morgan fingerprint density at radius 1 is 1.33 bits per heavy atom. The van der Waals surface area contributed by atoms with Crippen LogP contribution < -0.4 is 5.73 Å². The molecule has 112 valence electrons. The van der Waals surface area contributed by atoms with E-state index in [9.17, 15) is 4.79 Å². The molecule has 0 unspecified atom stereocenters. The van der Waals surface area contributed by atoms with Gasteiger partial charge in [0.1, 0.15) is 12.2 Å². The van der Waals surface area contributed by atoms with Gasteiger partial charge in [0.25, 0.3) is 0 Å². The molecule has 0 spiro atoms. The summed E-state index contributed by atoms with van der Waals surface area (Å²) < 4.78 is 1.74. The Bertz CT molecular complexity index is 644. The Balaban J connectivity index is 2.21. The molecule has 0 radical (unpaired) electrons. The number of anilines is 1. The normalized spacial score (nSPS) is 11.1. The van der Waals surface area contributed by atoms with Gasteiger partial charge in [-0.1, -0.05) is 37.0 Å². The number of ketones is 1. The Kier molecular flexibility index (Phi) is 4.85. The Labute approximate surface area is 133 Å². The lowest BCUT2D eigenvalue weighted by Crippen LogP contribution is -2.14. The topological polar surface area (TPSA) is 73.8 Å². The van der Waals surface area contributed by atoms with Gasteiger partial charge < -0.3 is 5.73 Å². The first-order valence-electron chi connectivity index (χ1n) is 6.53. The summed E-state index contributed by atoms with van der Waals surface area (Å²) in [7, 11) is 0. The molecule has 2 aromatic rings. The van der Waals surface area contributed by atoms with E-state index in [1.54, 1.807) is 4.68 Å². The fourth-order valence-corrected chi connectivity index (χ4v) is 2.40. The molecule has 0 fully saturated rings. The van der Waals surface area contributed by atoms with Crippen LogP contribution in [0.1, 0.15) is 30.0 Å². The summed E-state index contributed by atoms with van der Waals surface area (Å²) >= 11 is 11.9. The SMILES string of the molecule is CC(C)Cn1ncnc1CC(=O)c1cc(Cl)c(N)c(Cl)c1. The van der Waals surface area contributed by atoms with E-state index < -0.39 is 0 Å². The number of nitrogen functional groups attached to an aromatic ring is 1. The van der Waals surface area contributed by atoms with Gasteiger partial charge in [-0.2, -0.15) is 5.10 Å². The number of aromatic nitrogens is 3. The van der Waals surface area contributed by atoms with E-state index in [0.717, 1.165) is 0 Å². The highest BCUT2D eigenvalue weighted by atomic mass is 35.5. The molecule has 1 aromatic heterocycles. The third-order valence-corrected chi connectivity index (χ3v) is 3.58. The average Bonchev–Trinajstić information content (AvgIpc) is 2.81. The molecule has 1 heterocycles. The van der Waals surface area contributed by atoms with Gasteiger partial charge in [-0.3, -0.25) is 4.79 Å². The van der Waals surface area contributed by atoms with Crippen LogP contribution in [0.3, 0.4) is 0 Å². The van der Waals surface area contributed by atoms with Crippen LogP contribution in [0.5, 0.6) is 0 Å². The van der Waals surface area contributed by atoms with Crippen LogP contribution in [-0.2, 0) is 13.0 Å². The van der Waals surface area contributed by atoms with Crippen LogP contribution in [0.15, 0.2) is 18.5 Å². The zero-order chi connectivity index (χ0) is 15.6. The predicted molar refractivity (Wildman–Crippen MR) is 83.8 cm³/mol. The van der Waals surface area contributed by atoms with Gasteiger partial charge >= 0.3 is 0 Å². The monoisotopic (exact) mass is 326 g/mol. The largest absolute Gasteiger partial charge is 0.396 e. The van der Waals surface area contributed by atoms with Crippen LogP contribution in [0.2, 0.25) is 10.0 Å². The number of nitrogens with two attached hydrogens (primary N) is 1. The lowest BCUT2D eigenvalue weighted by atomic mass is 10.1. The standard InChI is InChI=1S/C14H16Cl2N4O/c1-8(2)6-20-13(18-7-19-20)5-12(21)9-3-10(15)14(17)11(16)4-9/h3-4,7-8H,5-6,17H2,1-2H3. The molecule has 1 aromatic carbocycles. The molecule has 0 atom stereocenters. The maximum atomic E-state index is 12.3. The molecule has 5 nitrogen and oxygen atoms in total. The second kappa shape index (κ2) is 6.45.